The molecule has 2 aromatic carbocycles. The van der Waals surface area contributed by atoms with Crippen LogP contribution in [0.4, 0.5) is 5.69 Å². The molecule has 0 aliphatic rings. The van der Waals surface area contributed by atoms with E-state index in [1.54, 1.807) is 62.8 Å². The van der Waals surface area contributed by atoms with E-state index in [1.165, 1.54) is 7.11 Å². The van der Waals surface area contributed by atoms with E-state index in [0.717, 1.165) is 0 Å². The summed E-state index contributed by atoms with van der Waals surface area (Å²) in [5.74, 6) is 0.231. The second-order valence-corrected chi connectivity index (χ2v) is 5.72. The van der Waals surface area contributed by atoms with E-state index in [-0.39, 0.29) is 11.3 Å². The predicted octanol–water partition coefficient (Wildman–Crippen LogP) is 3.13. The molecule has 0 saturated carbocycles. The van der Waals surface area contributed by atoms with E-state index in [1.807, 2.05) is 0 Å². The molecule has 0 atom stereocenters. The van der Waals surface area contributed by atoms with Crippen molar-refractivity contribution in [2.75, 3.05) is 26.6 Å². The van der Waals surface area contributed by atoms with Gasteiger partial charge in [-0.1, -0.05) is 12.1 Å². The summed E-state index contributed by atoms with van der Waals surface area (Å²) in [4.78, 5) is 24.4. The molecule has 0 aliphatic carbocycles. The zero-order valence-corrected chi connectivity index (χ0v) is 15.6. The summed E-state index contributed by atoms with van der Waals surface area (Å²) in [5, 5.41) is 9.58. The minimum atomic E-state index is -0.538. The first-order valence-corrected chi connectivity index (χ1v) is 8.34. The van der Waals surface area contributed by atoms with Gasteiger partial charge in [-0.25, -0.2) is 4.79 Å². The molecule has 0 spiro atoms. The van der Waals surface area contributed by atoms with Crippen LogP contribution in [0.15, 0.2) is 48.5 Å². The van der Waals surface area contributed by atoms with Crippen LogP contribution >= 0.6 is 0 Å². The number of rotatable bonds is 6. The van der Waals surface area contributed by atoms with Gasteiger partial charge in [-0.15, -0.1) is 0 Å². The minimum absolute atomic E-state index is 0.229. The fourth-order valence-electron chi connectivity index (χ4n) is 2.66. The lowest BCUT2D eigenvalue weighted by atomic mass is 10.1. The van der Waals surface area contributed by atoms with Gasteiger partial charge < -0.3 is 19.5 Å². The highest BCUT2D eigenvalue weighted by Gasteiger charge is 2.17. The Balaban J connectivity index is 1.85. The molecule has 8 heteroatoms. The van der Waals surface area contributed by atoms with Crippen LogP contribution in [0.3, 0.4) is 0 Å². The van der Waals surface area contributed by atoms with Crippen molar-refractivity contribution < 1.29 is 23.8 Å². The predicted molar refractivity (Wildman–Crippen MR) is 103 cm³/mol. The lowest BCUT2D eigenvalue weighted by Gasteiger charge is -2.08. The van der Waals surface area contributed by atoms with Crippen LogP contribution in [0.2, 0.25) is 0 Å². The Labute approximate surface area is 161 Å². The summed E-state index contributed by atoms with van der Waals surface area (Å²) in [6.07, 6.45) is 0. The number of esters is 1. The Morgan fingerprint density at radius 2 is 1.79 bits per heavy atom. The van der Waals surface area contributed by atoms with Gasteiger partial charge >= 0.3 is 5.97 Å². The maximum atomic E-state index is 12.6. The van der Waals surface area contributed by atoms with Crippen LogP contribution in [0, 0.1) is 0 Å². The van der Waals surface area contributed by atoms with E-state index in [2.05, 4.69) is 15.5 Å². The van der Waals surface area contributed by atoms with Crippen molar-refractivity contribution in [3.63, 3.8) is 0 Å². The average molecular weight is 381 g/mol. The van der Waals surface area contributed by atoms with E-state index in [9.17, 15) is 9.59 Å². The molecule has 0 fully saturated rings. The molecule has 1 amide bonds. The average Bonchev–Trinajstić information content (AvgIpc) is 3.23. The molecule has 3 rings (SSSR count). The SMILES string of the molecule is COC(=O)c1ccccc1NC(=O)c1cc(-c2ccc(OC)cc2OC)n[nH]1. The summed E-state index contributed by atoms with van der Waals surface area (Å²) in [7, 11) is 4.39. The number of carbonyl (C=O) groups excluding carboxylic acids is 2. The van der Waals surface area contributed by atoms with Gasteiger partial charge in [0.25, 0.3) is 5.91 Å². The van der Waals surface area contributed by atoms with Crippen molar-refractivity contribution in [3.8, 4) is 22.8 Å². The Morgan fingerprint density at radius 1 is 1.00 bits per heavy atom. The molecule has 0 bridgehead atoms. The number of aromatic amines is 1. The van der Waals surface area contributed by atoms with Crippen molar-refractivity contribution in [2.45, 2.75) is 0 Å². The number of carbonyl (C=O) groups is 2. The topological polar surface area (TPSA) is 103 Å². The maximum Gasteiger partial charge on any atom is 0.339 e. The number of para-hydroxylation sites is 1. The lowest BCUT2D eigenvalue weighted by molar-refractivity contribution is 0.0602. The third-order valence-corrected chi connectivity index (χ3v) is 4.09. The number of ether oxygens (including phenoxy) is 3. The molecule has 1 heterocycles. The Kier molecular flexibility index (Phi) is 5.59. The molecule has 0 aliphatic heterocycles. The zero-order valence-electron chi connectivity index (χ0n) is 15.6. The van der Waals surface area contributed by atoms with Gasteiger partial charge in [-0.2, -0.15) is 5.10 Å². The third-order valence-electron chi connectivity index (χ3n) is 4.09. The summed E-state index contributed by atoms with van der Waals surface area (Å²) in [6.45, 7) is 0. The number of benzene rings is 2. The molecule has 144 valence electrons. The normalized spacial score (nSPS) is 10.2. The van der Waals surface area contributed by atoms with Gasteiger partial charge in [0.15, 0.2) is 0 Å². The van der Waals surface area contributed by atoms with Crippen molar-refractivity contribution in [3.05, 3.63) is 59.8 Å². The van der Waals surface area contributed by atoms with Crippen LogP contribution < -0.4 is 14.8 Å². The quantitative estimate of drug-likeness (QED) is 0.636. The minimum Gasteiger partial charge on any atom is -0.497 e. The largest absolute Gasteiger partial charge is 0.497 e. The van der Waals surface area contributed by atoms with Crippen molar-refractivity contribution >= 4 is 17.6 Å². The zero-order chi connectivity index (χ0) is 20.1. The fourth-order valence-corrected chi connectivity index (χ4v) is 2.66. The van der Waals surface area contributed by atoms with Crippen LogP contribution in [0.5, 0.6) is 11.5 Å². The number of nitrogens with one attached hydrogen (secondary N) is 2. The second kappa shape index (κ2) is 8.26. The standard InChI is InChI=1S/C20H19N3O5/c1-26-12-8-9-13(18(10-12)27-2)16-11-17(23-22-16)19(24)21-15-7-5-4-6-14(15)20(25)28-3/h4-11H,1-3H3,(H,21,24)(H,22,23). The molecular formula is C20H19N3O5. The first-order valence-electron chi connectivity index (χ1n) is 8.34. The van der Waals surface area contributed by atoms with Crippen LogP contribution in [0.1, 0.15) is 20.8 Å². The number of amides is 1. The molecule has 0 saturated heterocycles. The highest BCUT2D eigenvalue weighted by molar-refractivity contribution is 6.07. The number of anilines is 1. The molecule has 28 heavy (non-hydrogen) atoms. The lowest BCUT2D eigenvalue weighted by Crippen LogP contribution is -2.15. The van der Waals surface area contributed by atoms with Gasteiger partial charge in [0.05, 0.1) is 38.3 Å². The summed E-state index contributed by atoms with van der Waals surface area (Å²) < 4.78 is 15.3. The summed E-state index contributed by atoms with van der Waals surface area (Å²) >= 11 is 0. The molecule has 1 aromatic heterocycles. The van der Waals surface area contributed by atoms with Gasteiger partial charge in [0.1, 0.15) is 17.2 Å². The van der Waals surface area contributed by atoms with Crippen molar-refractivity contribution in [1.29, 1.82) is 0 Å². The highest BCUT2D eigenvalue weighted by Crippen LogP contribution is 2.32. The molecule has 8 nitrogen and oxygen atoms in total. The fraction of sp³-hybridized carbons (Fsp3) is 0.150. The smallest absolute Gasteiger partial charge is 0.339 e. The second-order valence-electron chi connectivity index (χ2n) is 5.72. The summed E-state index contributed by atoms with van der Waals surface area (Å²) in [6, 6.07) is 13.5. The van der Waals surface area contributed by atoms with Gasteiger partial charge in [-0.05, 0) is 30.3 Å². The van der Waals surface area contributed by atoms with Crippen molar-refractivity contribution in [2.24, 2.45) is 0 Å². The maximum absolute atomic E-state index is 12.6. The number of nitrogens with zero attached hydrogens (tertiary/aromatic N) is 1. The Bertz CT molecular complexity index is 1010. The number of aromatic nitrogens is 2. The molecule has 3 aromatic rings. The monoisotopic (exact) mass is 381 g/mol. The number of hydrogen-bond acceptors (Lipinski definition) is 6. The van der Waals surface area contributed by atoms with E-state index < -0.39 is 11.9 Å². The van der Waals surface area contributed by atoms with Crippen LogP contribution in [0.25, 0.3) is 11.3 Å². The third kappa shape index (κ3) is 3.80. The number of hydrogen-bond donors (Lipinski definition) is 2. The van der Waals surface area contributed by atoms with Crippen LogP contribution in [-0.2, 0) is 4.74 Å². The molecular weight excluding hydrogens is 362 g/mol. The first-order chi connectivity index (χ1) is 13.6. The van der Waals surface area contributed by atoms with E-state index in [4.69, 9.17) is 14.2 Å². The van der Waals surface area contributed by atoms with E-state index in [0.29, 0.717) is 28.4 Å². The van der Waals surface area contributed by atoms with Gasteiger partial charge in [-0.3, -0.25) is 9.89 Å². The van der Waals surface area contributed by atoms with Gasteiger partial charge in [0, 0.05) is 11.6 Å². The molecule has 0 radical (unpaired) electrons. The van der Waals surface area contributed by atoms with Gasteiger partial charge in [0.2, 0.25) is 0 Å². The van der Waals surface area contributed by atoms with Crippen LogP contribution in [-0.4, -0.2) is 43.4 Å². The first kappa shape index (κ1) is 19.0. The Morgan fingerprint density at radius 3 is 2.50 bits per heavy atom. The number of H-pyrrole nitrogens is 1. The van der Waals surface area contributed by atoms with Crippen molar-refractivity contribution in [1.82, 2.24) is 10.2 Å². The highest BCUT2D eigenvalue weighted by atomic mass is 16.5. The number of methoxy groups -OCH3 is 3. The Hall–Kier alpha value is -3.81. The molecule has 0 unspecified atom stereocenters. The van der Waals surface area contributed by atoms with E-state index >= 15 is 0 Å². The molecule has 2 N–H and O–H groups in total. The summed E-state index contributed by atoms with van der Waals surface area (Å²) in [5.41, 5.74) is 2.07.